The molecule has 0 radical (unpaired) electrons. The van der Waals surface area contributed by atoms with Crippen molar-refractivity contribution in [2.45, 2.75) is 53.9 Å². The van der Waals surface area contributed by atoms with Crippen LogP contribution in [-0.4, -0.2) is 22.4 Å². The number of hydrogen-bond donors (Lipinski definition) is 2. The lowest BCUT2D eigenvalue weighted by Gasteiger charge is -2.17. The molecule has 0 fully saturated rings. The highest BCUT2D eigenvalue weighted by molar-refractivity contribution is 5.92. The third-order valence-electron chi connectivity index (χ3n) is 4.26. The average molecular weight is 354 g/mol. The van der Waals surface area contributed by atoms with Gasteiger partial charge in [0, 0.05) is 17.9 Å². The SMILES string of the molecule is Cc1cc(C(=O)NCCC(C)C)nc(Nc2c(C)cccc2C(C)C)n1. The van der Waals surface area contributed by atoms with Crippen LogP contribution in [0.2, 0.25) is 0 Å². The van der Waals surface area contributed by atoms with Crippen LogP contribution in [0.4, 0.5) is 11.6 Å². The molecular formula is C21H30N4O. The summed E-state index contributed by atoms with van der Waals surface area (Å²) in [5, 5.41) is 6.26. The average Bonchev–Trinajstić information content (AvgIpc) is 2.55. The fourth-order valence-corrected chi connectivity index (χ4v) is 2.76. The molecule has 0 saturated carbocycles. The minimum absolute atomic E-state index is 0.159. The number of aryl methyl sites for hydroxylation is 2. The zero-order valence-electron chi connectivity index (χ0n) is 16.7. The molecule has 0 aliphatic heterocycles. The molecule has 2 N–H and O–H groups in total. The van der Waals surface area contributed by atoms with Crippen LogP contribution in [-0.2, 0) is 0 Å². The number of amides is 1. The minimum Gasteiger partial charge on any atom is -0.351 e. The van der Waals surface area contributed by atoms with E-state index in [9.17, 15) is 4.79 Å². The molecule has 1 aromatic heterocycles. The maximum atomic E-state index is 12.4. The van der Waals surface area contributed by atoms with Crippen LogP contribution in [0.25, 0.3) is 0 Å². The molecule has 26 heavy (non-hydrogen) atoms. The van der Waals surface area contributed by atoms with E-state index in [4.69, 9.17) is 0 Å². The monoisotopic (exact) mass is 354 g/mol. The number of benzene rings is 1. The Morgan fingerprint density at radius 3 is 2.50 bits per heavy atom. The first-order chi connectivity index (χ1) is 12.3. The molecule has 1 heterocycles. The number of hydrogen-bond acceptors (Lipinski definition) is 4. The number of nitrogens with one attached hydrogen (secondary N) is 2. The normalized spacial score (nSPS) is 11.1. The highest BCUT2D eigenvalue weighted by Crippen LogP contribution is 2.29. The Morgan fingerprint density at radius 2 is 1.85 bits per heavy atom. The number of carbonyl (C=O) groups is 1. The van der Waals surface area contributed by atoms with Gasteiger partial charge in [-0.1, -0.05) is 45.9 Å². The molecule has 5 heteroatoms. The summed E-state index contributed by atoms with van der Waals surface area (Å²) in [6, 6.07) is 7.94. The lowest BCUT2D eigenvalue weighted by molar-refractivity contribution is 0.0947. The van der Waals surface area contributed by atoms with Crippen molar-refractivity contribution in [3.8, 4) is 0 Å². The van der Waals surface area contributed by atoms with Crippen LogP contribution in [0, 0.1) is 19.8 Å². The summed E-state index contributed by atoms with van der Waals surface area (Å²) in [5.74, 6) is 1.22. The van der Waals surface area contributed by atoms with Gasteiger partial charge in [-0.25, -0.2) is 9.97 Å². The summed E-state index contributed by atoms with van der Waals surface area (Å²) in [7, 11) is 0. The number of rotatable bonds is 7. The van der Waals surface area contributed by atoms with Gasteiger partial charge in [0.15, 0.2) is 0 Å². The van der Waals surface area contributed by atoms with Crippen molar-refractivity contribution in [3.05, 3.63) is 46.8 Å². The van der Waals surface area contributed by atoms with Crippen molar-refractivity contribution >= 4 is 17.5 Å². The first-order valence-electron chi connectivity index (χ1n) is 9.28. The van der Waals surface area contributed by atoms with Crippen molar-refractivity contribution in [3.63, 3.8) is 0 Å². The second kappa shape index (κ2) is 8.79. The number of para-hydroxylation sites is 1. The predicted octanol–water partition coefficient (Wildman–Crippen LogP) is 4.74. The smallest absolute Gasteiger partial charge is 0.270 e. The van der Waals surface area contributed by atoms with Gasteiger partial charge in [-0.2, -0.15) is 0 Å². The van der Waals surface area contributed by atoms with Crippen molar-refractivity contribution in [1.29, 1.82) is 0 Å². The lowest BCUT2D eigenvalue weighted by atomic mass is 9.98. The van der Waals surface area contributed by atoms with Gasteiger partial charge in [0.1, 0.15) is 5.69 Å². The van der Waals surface area contributed by atoms with E-state index < -0.39 is 0 Å². The van der Waals surface area contributed by atoms with Crippen molar-refractivity contribution < 1.29 is 4.79 Å². The van der Waals surface area contributed by atoms with Crippen LogP contribution in [0.5, 0.6) is 0 Å². The van der Waals surface area contributed by atoms with E-state index >= 15 is 0 Å². The molecule has 2 rings (SSSR count). The molecular weight excluding hydrogens is 324 g/mol. The molecule has 0 spiro atoms. The molecule has 0 aliphatic rings. The first kappa shape index (κ1) is 19.9. The van der Waals surface area contributed by atoms with Gasteiger partial charge in [0.25, 0.3) is 5.91 Å². The molecule has 140 valence electrons. The van der Waals surface area contributed by atoms with Gasteiger partial charge in [-0.15, -0.1) is 0 Å². The quantitative estimate of drug-likeness (QED) is 0.754. The van der Waals surface area contributed by atoms with E-state index in [-0.39, 0.29) is 5.91 Å². The van der Waals surface area contributed by atoms with Gasteiger partial charge >= 0.3 is 0 Å². The summed E-state index contributed by atoms with van der Waals surface area (Å²) in [4.78, 5) is 21.3. The highest BCUT2D eigenvalue weighted by Gasteiger charge is 2.14. The van der Waals surface area contributed by atoms with E-state index in [0.29, 0.717) is 30.0 Å². The fraction of sp³-hybridized carbons (Fsp3) is 0.476. The molecule has 0 aliphatic carbocycles. The topological polar surface area (TPSA) is 66.9 Å². The fourth-order valence-electron chi connectivity index (χ4n) is 2.76. The third-order valence-corrected chi connectivity index (χ3v) is 4.26. The maximum Gasteiger partial charge on any atom is 0.270 e. The second-order valence-corrected chi connectivity index (χ2v) is 7.48. The van der Waals surface area contributed by atoms with Crippen molar-refractivity contribution in [1.82, 2.24) is 15.3 Å². The molecule has 5 nitrogen and oxygen atoms in total. The molecule has 0 saturated heterocycles. The van der Waals surface area contributed by atoms with E-state index in [1.807, 2.05) is 6.92 Å². The van der Waals surface area contributed by atoms with E-state index in [2.05, 4.69) is 73.4 Å². The Labute approximate surface area is 156 Å². The summed E-state index contributed by atoms with van der Waals surface area (Å²) >= 11 is 0. The van der Waals surface area contributed by atoms with Crippen LogP contribution in [0.1, 0.15) is 67.3 Å². The van der Waals surface area contributed by atoms with E-state index in [1.54, 1.807) is 6.07 Å². The Bertz CT molecular complexity index is 769. The Kier molecular flexibility index (Phi) is 6.72. The maximum absolute atomic E-state index is 12.4. The lowest BCUT2D eigenvalue weighted by Crippen LogP contribution is -2.26. The Balaban J connectivity index is 2.24. The number of carbonyl (C=O) groups excluding carboxylic acids is 1. The highest BCUT2D eigenvalue weighted by atomic mass is 16.1. The van der Waals surface area contributed by atoms with Gasteiger partial charge in [0.05, 0.1) is 0 Å². The minimum atomic E-state index is -0.159. The number of aromatic nitrogens is 2. The number of anilines is 2. The Morgan fingerprint density at radius 1 is 1.12 bits per heavy atom. The second-order valence-electron chi connectivity index (χ2n) is 7.48. The van der Waals surface area contributed by atoms with E-state index in [0.717, 1.165) is 23.4 Å². The van der Waals surface area contributed by atoms with Gasteiger partial charge in [-0.05, 0) is 49.3 Å². The molecule has 0 unspecified atom stereocenters. The van der Waals surface area contributed by atoms with Crippen LogP contribution in [0.3, 0.4) is 0 Å². The summed E-state index contributed by atoms with van der Waals surface area (Å²) in [6.07, 6.45) is 0.946. The van der Waals surface area contributed by atoms with E-state index in [1.165, 1.54) is 5.56 Å². The largest absolute Gasteiger partial charge is 0.351 e. The third kappa shape index (κ3) is 5.28. The van der Waals surface area contributed by atoms with Crippen LogP contribution < -0.4 is 10.6 Å². The van der Waals surface area contributed by atoms with Gasteiger partial charge in [-0.3, -0.25) is 4.79 Å². The summed E-state index contributed by atoms with van der Waals surface area (Å²) < 4.78 is 0. The number of nitrogens with zero attached hydrogens (tertiary/aromatic N) is 2. The standard InChI is InChI=1S/C21H30N4O/c1-13(2)10-11-22-20(26)18-12-16(6)23-21(24-18)25-19-15(5)8-7-9-17(19)14(3)4/h7-9,12-14H,10-11H2,1-6H3,(H,22,26)(H,23,24,25). The van der Waals surface area contributed by atoms with Gasteiger partial charge < -0.3 is 10.6 Å². The van der Waals surface area contributed by atoms with Crippen LogP contribution in [0.15, 0.2) is 24.3 Å². The summed E-state index contributed by atoms with van der Waals surface area (Å²) in [5.41, 5.74) is 4.50. The molecule has 0 bridgehead atoms. The molecule has 0 atom stereocenters. The zero-order chi connectivity index (χ0) is 19.3. The molecule has 1 amide bonds. The van der Waals surface area contributed by atoms with Crippen molar-refractivity contribution in [2.75, 3.05) is 11.9 Å². The molecule has 2 aromatic rings. The summed E-state index contributed by atoms with van der Waals surface area (Å²) in [6.45, 7) is 13.2. The van der Waals surface area contributed by atoms with Crippen molar-refractivity contribution in [2.24, 2.45) is 5.92 Å². The Hall–Kier alpha value is -2.43. The first-order valence-corrected chi connectivity index (χ1v) is 9.28. The van der Waals surface area contributed by atoms with Crippen LogP contribution >= 0.6 is 0 Å². The predicted molar refractivity (Wildman–Crippen MR) is 107 cm³/mol. The van der Waals surface area contributed by atoms with Gasteiger partial charge in [0.2, 0.25) is 5.95 Å². The molecule has 1 aromatic carbocycles. The zero-order valence-corrected chi connectivity index (χ0v) is 16.7.